The molecule has 1 aromatic carbocycles. The molecule has 0 N–H and O–H groups in total. The fraction of sp³-hybridized carbons (Fsp3) is 0.381. The summed E-state index contributed by atoms with van der Waals surface area (Å²) >= 11 is 0. The van der Waals surface area contributed by atoms with Gasteiger partial charge in [-0.2, -0.15) is 4.31 Å². The molecule has 0 saturated carbocycles. The zero-order chi connectivity index (χ0) is 20.4. The highest BCUT2D eigenvalue weighted by Gasteiger charge is 2.27. The monoisotopic (exact) mass is 419 g/mol. The van der Waals surface area contributed by atoms with Crippen LogP contribution in [0, 0.1) is 11.6 Å². The van der Waals surface area contributed by atoms with Gasteiger partial charge in [-0.1, -0.05) is 17.7 Å². The van der Waals surface area contributed by atoms with Crippen LogP contribution in [-0.2, 0) is 10.0 Å². The third-order valence-corrected chi connectivity index (χ3v) is 7.35. The van der Waals surface area contributed by atoms with Gasteiger partial charge < -0.3 is 4.90 Å². The summed E-state index contributed by atoms with van der Waals surface area (Å²) in [5.74, 6) is -0.939. The van der Waals surface area contributed by atoms with Crippen LogP contribution in [0.5, 0.6) is 0 Å². The Morgan fingerprint density at radius 3 is 2.28 bits per heavy atom. The van der Waals surface area contributed by atoms with Gasteiger partial charge in [0, 0.05) is 32.4 Å². The van der Waals surface area contributed by atoms with Gasteiger partial charge in [-0.25, -0.2) is 22.2 Å². The van der Waals surface area contributed by atoms with E-state index in [0.29, 0.717) is 18.7 Å². The Kier molecular flexibility index (Phi) is 5.65. The topological polar surface area (TPSA) is 53.5 Å². The zero-order valence-electron chi connectivity index (χ0n) is 16.0. The van der Waals surface area contributed by atoms with Crippen LogP contribution in [0.1, 0.15) is 31.2 Å². The molecule has 8 heteroatoms. The minimum atomic E-state index is -3.45. The van der Waals surface area contributed by atoms with E-state index in [0.717, 1.165) is 50.7 Å². The number of hydrogen-bond acceptors (Lipinski definition) is 4. The van der Waals surface area contributed by atoms with Crippen molar-refractivity contribution in [2.24, 2.45) is 0 Å². The minimum Gasteiger partial charge on any atom is -0.356 e. The number of aromatic nitrogens is 1. The molecule has 0 atom stereocenters. The molecule has 2 saturated heterocycles. The Labute approximate surface area is 169 Å². The smallest absolute Gasteiger partial charge is 0.244 e. The molecule has 4 rings (SSSR count). The maximum atomic E-state index is 13.4. The lowest BCUT2D eigenvalue weighted by Crippen LogP contribution is -2.31. The van der Waals surface area contributed by atoms with Gasteiger partial charge in [0.2, 0.25) is 10.0 Å². The highest BCUT2D eigenvalue weighted by atomic mass is 32.2. The van der Waals surface area contributed by atoms with Gasteiger partial charge in [0.1, 0.15) is 10.7 Å². The number of nitrogens with zero attached hydrogens (tertiary/aromatic N) is 3. The number of benzene rings is 1. The molecule has 2 aliphatic rings. The Morgan fingerprint density at radius 2 is 1.66 bits per heavy atom. The number of pyridine rings is 1. The molecule has 0 amide bonds. The minimum absolute atomic E-state index is 0.235. The summed E-state index contributed by atoms with van der Waals surface area (Å²) in [7, 11) is -3.45. The molecule has 2 aromatic rings. The number of piperidine rings is 1. The molecular formula is C21H23F2N3O2S. The third-order valence-electron chi connectivity index (χ3n) is 5.47. The highest BCUT2D eigenvalue weighted by molar-refractivity contribution is 7.89. The summed E-state index contributed by atoms with van der Waals surface area (Å²) in [5, 5.41) is 0. The second-order valence-corrected chi connectivity index (χ2v) is 9.36. The van der Waals surface area contributed by atoms with Crippen molar-refractivity contribution in [3.63, 3.8) is 0 Å². The number of halogens is 2. The third kappa shape index (κ3) is 4.33. The molecule has 2 aliphatic heterocycles. The van der Waals surface area contributed by atoms with Gasteiger partial charge in [0.15, 0.2) is 11.6 Å². The van der Waals surface area contributed by atoms with Crippen molar-refractivity contribution >= 4 is 21.9 Å². The lowest BCUT2D eigenvalue weighted by atomic mass is 10.0. The van der Waals surface area contributed by atoms with Gasteiger partial charge in [0.25, 0.3) is 0 Å². The predicted molar refractivity (Wildman–Crippen MR) is 108 cm³/mol. The molecule has 0 spiro atoms. The SMILES string of the molecule is O=S(=O)(c1ccc(N2CCC(=Cc3ccc(F)c(F)c3)CC2)nc1)N1CCCC1. The molecule has 29 heavy (non-hydrogen) atoms. The van der Waals surface area contributed by atoms with Crippen molar-refractivity contribution in [1.29, 1.82) is 0 Å². The Hall–Kier alpha value is -2.32. The number of anilines is 1. The maximum absolute atomic E-state index is 13.4. The number of hydrogen-bond donors (Lipinski definition) is 0. The second kappa shape index (κ2) is 8.20. The lowest BCUT2D eigenvalue weighted by Gasteiger charge is -2.29. The van der Waals surface area contributed by atoms with Crippen molar-refractivity contribution in [3.05, 3.63) is 59.3 Å². The van der Waals surface area contributed by atoms with E-state index in [2.05, 4.69) is 9.88 Å². The normalized spacial score (nSPS) is 18.3. The second-order valence-electron chi connectivity index (χ2n) is 7.43. The van der Waals surface area contributed by atoms with E-state index in [4.69, 9.17) is 0 Å². The lowest BCUT2D eigenvalue weighted by molar-refractivity contribution is 0.477. The highest BCUT2D eigenvalue weighted by Crippen LogP contribution is 2.26. The van der Waals surface area contributed by atoms with Crippen LogP contribution in [0.4, 0.5) is 14.6 Å². The van der Waals surface area contributed by atoms with Crippen LogP contribution < -0.4 is 4.90 Å². The number of sulfonamides is 1. The van der Waals surface area contributed by atoms with Crippen molar-refractivity contribution < 1.29 is 17.2 Å². The van der Waals surface area contributed by atoms with Crippen molar-refractivity contribution in [1.82, 2.24) is 9.29 Å². The molecule has 154 valence electrons. The van der Waals surface area contributed by atoms with Gasteiger partial charge in [-0.05, 0) is 55.5 Å². The van der Waals surface area contributed by atoms with E-state index in [1.54, 1.807) is 18.2 Å². The Balaban J connectivity index is 1.41. The van der Waals surface area contributed by atoms with E-state index in [-0.39, 0.29) is 4.90 Å². The van der Waals surface area contributed by atoms with E-state index in [1.807, 2.05) is 6.08 Å². The summed E-state index contributed by atoms with van der Waals surface area (Å²) in [6.45, 7) is 2.62. The van der Waals surface area contributed by atoms with Crippen LogP contribution in [0.15, 0.2) is 47.0 Å². The van der Waals surface area contributed by atoms with E-state index in [9.17, 15) is 17.2 Å². The standard InChI is InChI=1S/C21H23F2N3O2S/c22-19-5-3-17(14-20(19)23)13-16-7-11-25(12-8-16)21-6-4-18(15-24-21)29(27,28)26-9-1-2-10-26/h3-6,13-15H,1-2,7-12H2. The van der Waals surface area contributed by atoms with Gasteiger partial charge in [0.05, 0.1) is 0 Å². The van der Waals surface area contributed by atoms with Crippen LogP contribution >= 0.6 is 0 Å². The summed E-state index contributed by atoms with van der Waals surface area (Å²) < 4.78 is 53.1. The first-order valence-electron chi connectivity index (χ1n) is 9.79. The average Bonchev–Trinajstić information content (AvgIpc) is 3.27. The molecule has 0 radical (unpaired) electrons. The fourth-order valence-electron chi connectivity index (χ4n) is 3.79. The van der Waals surface area contributed by atoms with Crippen molar-refractivity contribution in [2.75, 3.05) is 31.1 Å². The van der Waals surface area contributed by atoms with Crippen molar-refractivity contribution in [3.8, 4) is 0 Å². The predicted octanol–water partition coefficient (Wildman–Crippen LogP) is 3.83. The molecule has 0 aliphatic carbocycles. The quantitative estimate of drug-likeness (QED) is 0.756. The van der Waals surface area contributed by atoms with Crippen LogP contribution in [0.25, 0.3) is 6.08 Å². The molecule has 5 nitrogen and oxygen atoms in total. The van der Waals surface area contributed by atoms with Gasteiger partial charge in [-0.3, -0.25) is 0 Å². The summed E-state index contributed by atoms with van der Waals surface area (Å²) in [6.07, 6.45) is 6.72. The molecule has 0 bridgehead atoms. The van der Waals surface area contributed by atoms with E-state index < -0.39 is 21.7 Å². The molecule has 2 fully saturated rings. The first-order chi connectivity index (χ1) is 13.9. The van der Waals surface area contributed by atoms with Crippen molar-refractivity contribution in [2.45, 2.75) is 30.6 Å². The fourth-order valence-corrected chi connectivity index (χ4v) is 5.26. The maximum Gasteiger partial charge on any atom is 0.244 e. The Bertz CT molecular complexity index is 1010. The first kappa shape index (κ1) is 20.0. The number of rotatable bonds is 4. The molecule has 3 heterocycles. The van der Waals surface area contributed by atoms with Gasteiger partial charge in [-0.15, -0.1) is 0 Å². The average molecular weight is 419 g/mol. The van der Waals surface area contributed by atoms with Crippen LogP contribution in [-0.4, -0.2) is 43.9 Å². The van der Waals surface area contributed by atoms with E-state index >= 15 is 0 Å². The van der Waals surface area contributed by atoms with Crippen LogP contribution in [0.3, 0.4) is 0 Å². The summed E-state index contributed by atoms with van der Waals surface area (Å²) in [5.41, 5.74) is 1.82. The van der Waals surface area contributed by atoms with Gasteiger partial charge >= 0.3 is 0 Å². The summed E-state index contributed by atoms with van der Waals surface area (Å²) in [4.78, 5) is 6.72. The van der Waals surface area contributed by atoms with Crippen LogP contribution in [0.2, 0.25) is 0 Å². The Morgan fingerprint density at radius 1 is 0.931 bits per heavy atom. The molecule has 1 aromatic heterocycles. The largest absolute Gasteiger partial charge is 0.356 e. The molecular weight excluding hydrogens is 396 g/mol. The summed E-state index contributed by atoms with van der Waals surface area (Å²) in [6, 6.07) is 7.29. The zero-order valence-corrected chi connectivity index (χ0v) is 16.8. The first-order valence-corrected chi connectivity index (χ1v) is 11.2. The molecule has 0 unspecified atom stereocenters. The van der Waals surface area contributed by atoms with E-state index in [1.165, 1.54) is 22.1 Å².